The lowest BCUT2D eigenvalue weighted by Crippen LogP contribution is -2.64. The predicted molar refractivity (Wildman–Crippen MR) is 62.6 cm³/mol. The molecule has 0 aromatic carbocycles. The Hall–Kier alpha value is -2.84. The molecule has 0 spiro atoms. The van der Waals surface area contributed by atoms with Crippen LogP contribution < -0.4 is 33.1 Å². The van der Waals surface area contributed by atoms with Crippen molar-refractivity contribution in [3.05, 3.63) is 23.7 Å². The molecule has 17 heavy (non-hydrogen) atoms. The Morgan fingerprint density at radius 3 is 1.71 bits per heavy atom. The molecular formula is C8H14N8O+2. The van der Waals surface area contributed by atoms with Gasteiger partial charge in [-0.2, -0.15) is 0 Å². The van der Waals surface area contributed by atoms with Crippen molar-refractivity contribution in [3.8, 4) is 0 Å². The van der Waals surface area contributed by atoms with Crippen LogP contribution in [0.3, 0.4) is 0 Å². The van der Waals surface area contributed by atoms with E-state index in [1.807, 2.05) is 0 Å². The van der Waals surface area contributed by atoms with Crippen molar-refractivity contribution in [1.29, 1.82) is 0 Å². The Balaban J connectivity index is 2.66. The molecule has 0 atom stereocenters. The summed E-state index contributed by atoms with van der Waals surface area (Å²) in [7, 11) is 0. The number of nitrogens with zero attached hydrogens (tertiary/aromatic N) is 2. The van der Waals surface area contributed by atoms with Crippen LogP contribution in [0.4, 0.5) is 0 Å². The zero-order valence-corrected chi connectivity index (χ0v) is 8.92. The van der Waals surface area contributed by atoms with E-state index in [-0.39, 0.29) is 11.9 Å². The van der Waals surface area contributed by atoms with E-state index in [2.05, 4.69) is 20.4 Å². The van der Waals surface area contributed by atoms with Crippen LogP contribution in [-0.4, -0.2) is 24.3 Å². The summed E-state index contributed by atoms with van der Waals surface area (Å²) >= 11 is 0. The summed E-state index contributed by atoms with van der Waals surface area (Å²) in [6.45, 7) is 0. The molecule has 0 fully saturated rings. The molecule has 1 heterocycles. The number of hydrogen-bond donors (Lipinski definition) is 6. The van der Waals surface area contributed by atoms with Gasteiger partial charge < -0.3 is 27.4 Å². The quantitative estimate of drug-likeness (QED) is 0.174. The Morgan fingerprint density at radius 2 is 1.35 bits per heavy atom. The van der Waals surface area contributed by atoms with Crippen molar-refractivity contribution in [2.45, 2.75) is 0 Å². The monoisotopic (exact) mass is 238 g/mol. The minimum Gasteiger partial charge on any atom is -0.445 e. The molecule has 1 aromatic heterocycles. The molecule has 10 N–H and O–H groups in total. The van der Waals surface area contributed by atoms with Crippen LogP contribution in [0, 0.1) is 0 Å². The highest BCUT2D eigenvalue weighted by atomic mass is 16.3. The molecule has 0 aliphatic carbocycles. The van der Waals surface area contributed by atoms with E-state index in [1.54, 1.807) is 12.1 Å². The Kier molecular flexibility index (Phi) is 4.25. The molecule has 0 amide bonds. The molecule has 0 bridgehead atoms. The average molecular weight is 238 g/mol. The molecule has 0 unspecified atom stereocenters. The number of hydrazone groups is 2. The summed E-state index contributed by atoms with van der Waals surface area (Å²) in [5, 5.41) is 12.1. The van der Waals surface area contributed by atoms with Gasteiger partial charge in [0.05, 0.1) is 0 Å². The van der Waals surface area contributed by atoms with Gasteiger partial charge in [0.15, 0.2) is 11.5 Å². The second-order valence-electron chi connectivity index (χ2n) is 2.86. The number of nitrogens with two attached hydrogens (primary N) is 4. The first-order valence-corrected chi connectivity index (χ1v) is 4.52. The summed E-state index contributed by atoms with van der Waals surface area (Å²) in [6, 6.07) is 3.41. The predicted octanol–water partition coefficient (Wildman–Crippen LogP) is -5.34. The lowest BCUT2D eigenvalue weighted by molar-refractivity contribution is -0.457. The second-order valence-corrected chi connectivity index (χ2v) is 2.86. The smallest absolute Gasteiger partial charge is 0.256 e. The average Bonchev–Trinajstić information content (AvgIpc) is 2.65. The minimum atomic E-state index is -0.0750. The van der Waals surface area contributed by atoms with E-state index in [0.717, 1.165) is 0 Å². The third kappa shape index (κ3) is 4.97. The van der Waals surface area contributed by atoms with Crippen molar-refractivity contribution in [2.75, 3.05) is 0 Å². The molecule has 1 aromatic rings. The lowest BCUT2D eigenvalue weighted by Gasteiger charge is -1.79. The van der Waals surface area contributed by atoms with Crippen LogP contribution in [0.5, 0.6) is 0 Å². The van der Waals surface area contributed by atoms with Crippen LogP contribution >= 0.6 is 0 Å². The maximum Gasteiger partial charge on any atom is 0.256 e. The first kappa shape index (κ1) is 12.2. The summed E-state index contributed by atoms with van der Waals surface area (Å²) < 4.78 is 5.31. The summed E-state index contributed by atoms with van der Waals surface area (Å²) in [5.41, 5.74) is 20.5. The second kappa shape index (κ2) is 5.90. The van der Waals surface area contributed by atoms with Crippen LogP contribution in [0.1, 0.15) is 11.5 Å². The number of rotatable bonds is 4. The molecule has 1 rings (SSSR count). The van der Waals surface area contributed by atoms with E-state index in [9.17, 15) is 0 Å². The van der Waals surface area contributed by atoms with Gasteiger partial charge in [-0.15, -0.1) is 0 Å². The fraction of sp³-hybridized carbons (Fsp3) is 0. The van der Waals surface area contributed by atoms with Crippen molar-refractivity contribution in [2.24, 2.45) is 33.1 Å². The number of furan rings is 1. The first-order valence-electron chi connectivity index (χ1n) is 4.52. The number of guanidine groups is 2. The molecule has 0 saturated carbocycles. The van der Waals surface area contributed by atoms with Crippen LogP contribution in [0.25, 0.3) is 0 Å². The maximum absolute atomic E-state index is 5.31. The first-order chi connectivity index (χ1) is 8.08. The van der Waals surface area contributed by atoms with Gasteiger partial charge >= 0.3 is 0 Å². The highest BCUT2D eigenvalue weighted by Crippen LogP contribution is 2.00. The molecular weight excluding hydrogens is 224 g/mol. The van der Waals surface area contributed by atoms with E-state index in [1.165, 1.54) is 12.4 Å². The van der Waals surface area contributed by atoms with Gasteiger partial charge in [0.25, 0.3) is 11.9 Å². The molecule has 0 saturated heterocycles. The standard InChI is InChI=1S/C8H12N8O/c9-7(10)15-13-3-5-1-2-6(17-5)4-14-16-8(11)12/h1-4H,(H4,9,10,15)(H4,11,12,16)/p+2. The molecule has 0 aliphatic rings. The summed E-state index contributed by atoms with van der Waals surface area (Å²) in [5.74, 6) is 0.920. The van der Waals surface area contributed by atoms with E-state index >= 15 is 0 Å². The van der Waals surface area contributed by atoms with E-state index in [4.69, 9.17) is 27.4 Å². The van der Waals surface area contributed by atoms with Crippen LogP contribution in [-0.2, 0) is 0 Å². The molecule has 0 radical (unpaired) electrons. The molecule has 90 valence electrons. The van der Waals surface area contributed by atoms with Gasteiger partial charge in [-0.1, -0.05) is 10.2 Å². The van der Waals surface area contributed by atoms with Gasteiger partial charge in [0.2, 0.25) is 12.4 Å². The van der Waals surface area contributed by atoms with Gasteiger partial charge in [-0.25, -0.2) is 0 Å². The minimum absolute atomic E-state index is 0.0750. The summed E-state index contributed by atoms with van der Waals surface area (Å²) in [6.07, 6.45) is 2.97. The van der Waals surface area contributed by atoms with Crippen molar-refractivity contribution < 1.29 is 14.6 Å². The lowest BCUT2D eigenvalue weighted by atomic mass is 10.4. The third-order valence-electron chi connectivity index (χ3n) is 1.45. The van der Waals surface area contributed by atoms with Gasteiger partial charge in [-0.05, 0) is 12.1 Å². The van der Waals surface area contributed by atoms with Crippen molar-refractivity contribution in [3.63, 3.8) is 0 Å². The van der Waals surface area contributed by atoms with Crippen molar-refractivity contribution >= 4 is 24.3 Å². The van der Waals surface area contributed by atoms with E-state index < -0.39 is 0 Å². The fourth-order valence-corrected chi connectivity index (χ4v) is 0.864. The molecule has 9 heteroatoms. The zero-order chi connectivity index (χ0) is 12.7. The zero-order valence-electron chi connectivity index (χ0n) is 8.92. The normalized spacial score (nSPS) is 10.8. The fourth-order valence-electron chi connectivity index (χ4n) is 0.864. The van der Waals surface area contributed by atoms with Gasteiger partial charge in [-0.3, -0.25) is 0 Å². The largest absolute Gasteiger partial charge is 0.445 e. The number of nitrogens with one attached hydrogen (secondary N) is 2. The third-order valence-corrected chi connectivity index (χ3v) is 1.45. The Labute approximate surface area is 96.6 Å². The SMILES string of the molecule is NC(N)=N[NH+]=Cc1ccc(C=[NH+]N=C(N)N)o1. The van der Waals surface area contributed by atoms with Crippen LogP contribution in [0.15, 0.2) is 26.8 Å². The van der Waals surface area contributed by atoms with E-state index in [0.29, 0.717) is 11.5 Å². The highest BCUT2D eigenvalue weighted by Gasteiger charge is 2.01. The molecule has 0 aliphatic heterocycles. The van der Waals surface area contributed by atoms with Gasteiger partial charge in [0, 0.05) is 10.2 Å². The highest BCUT2D eigenvalue weighted by molar-refractivity contribution is 5.78. The molecule has 9 nitrogen and oxygen atoms in total. The van der Waals surface area contributed by atoms with Crippen LogP contribution in [0.2, 0.25) is 0 Å². The Morgan fingerprint density at radius 1 is 0.941 bits per heavy atom. The number of hydrogen-bond acceptors (Lipinski definition) is 3. The topological polar surface area (TPSA) is 170 Å². The van der Waals surface area contributed by atoms with Gasteiger partial charge in [0.1, 0.15) is 0 Å². The maximum atomic E-state index is 5.31. The Bertz CT molecular complexity index is 433. The summed E-state index contributed by atoms with van der Waals surface area (Å²) in [4.78, 5) is 0. The van der Waals surface area contributed by atoms with Crippen molar-refractivity contribution in [1.82, 2.24) is 0 Å².